The van der Waals surface area contributed by atoms with E-state index in [1.165, 1.54) is 0 Å². The van der Waals surface area contributed by atoms with Crippen molar-refractivity contribution in [1.29, 1.82) is 0 Å². The molecule has 11 N–H and O–H groups in total. The highest BCUT2D eigenvalue weighted by Gasteiger charge is 2.18. The summed E-state index contributed by atoms with van der Waals surface area (Å²) >= 11 is 0. The summed E-state index contributed by atoms with van der Waals surface area (Å²) < 4.78 is 0. The quantitative estimate of drug-likeness (QED) is 0.0509. The minimum Gasteiger partial charge on any atom is -0.393 e. The number of hydrogen-bond acceptors (Lipinski definition) is 7. The van der Waals surface area contributed by atoms with Crippen molar-refractivity contribution in [2.24, 2.45) is 22.2 Å². The highest BCUT2D eigenvalue weighted by molar-refractivity contribution is 5.86. The first-order chi connectivity index (χ1) is 13.4. The van der Waals surface area contributed by atoms with Gasteiger partial charge >= 0.3 is 0 Å². The van der Waals surface area contributed by atoms with E-state index < -0.39 is 24.1 Å². The normalized spacial score (nSPS) is 11.6. The standard InChI is InChI=1S/C17H37N7O4.3ClH/c18-7-5-9-21-8-3-4-10-22-15(27)16(28)24-14(26)12-13(25)6-1-2-11-23-17(19)20;;;/h13,16,21,25,28H,1-12,18H2,(H,22,27)(H,24,26)(H4,19,20,23);3*1H. The van der Waals surface area contributed by atoms with Crippen LogP contribution in [0.2, 0.25) is 0 Å². The van der Waals surface area contributed by atoms with Gasteiger partial charge in [-0.2, -0.15) is 0 Å². The largest absolute Gasteiger partial charge is 0.393 e. The molecule has 0 saturated heterocycles. The minimum absolute atomic E-state index is 0. The molecule has 0 saturated carbocycles. The molecule has 2 unspecified atom stereocenters. The number of halogens is 3. The highest BCUT2D eigenvalue weighted by Crippen LogP contribution is 2.05. The van der Waals surface area contributed by atoms with Crippen LogP contribution in [0.25, 0.3) is 0 Å². The Morgan fingerprint density at radius 3 is 2.13 bits per heavy atom. The number of nitrogens with one attached hydrogen (secondary N) is 3. The fraction of sp³-hybridized carbons (Fsp3) is 0.824. The number of rotatable bonds is 17. The molecule has 0 bridgehead atoms. The zero-order valence-electron chi connectivity index (χ0n) is 17.8. The third-order valence-corrected chi connectivity index (χ3v) is 3.84. The Morgan fingerprint density at radius 1 is 0.903 bits per heavy atom. The monoisotopic (exact) mass is 511 g/mol. The van der Waals surface area contributed by atoms with Gasteiger partial charge < -0.3 is 43.4 Å². The maximum absolute atomic E-state index is 11.8. The molecule has 14 heteroatoms. The predicted molar refractivity (Wildman–Crippen MR) is 130 cm³/mol. The number of hydrogen-bond donors (Lipinski definition) is 8. The minimum atomic E-state index is -1.63. The number of amides is 2. The molecule has 0 aromatic heterocycles. The fourth-order valence-corrected chi connectivity index (χ4v) is 2.33. The van der Waals surface area contributed by atoms with Crippen molar-refractivity contribution < 1.29 is 19.8 Å². The lowest BCUT2D eigenvalue weighted by atomic mass is 10.1. The summed E-state index contributed by atoms with van der Waals surface area (Å²) in [4.78, 5) is 27.3. The Hall–Kier alpha value is -1.08. The van der Waals surface area contributed by atoms with Crippen LogP contribution in [0.15, 0.2) is 4.99 Å². The zero-order valence-corrected chi connectivity index (χ0v) is 20.2. The van der Waals surface area contributed by atoms with Gasteiger partial charge in [-0.05, 0) is 58.2 Å². The Morgan fingerprint density at radius 2 is 1.52 bits per heavy atom. The molecule has 0 aliphatic heterocycles. The molecule has 2 amide bonds. The van der Waals surface area contributed by atoms with Crippen LogP contribution in [0, 0.1) is 0 Å². The van der Waals surface area contributed by atoms with Crippen LogP contribution in [-0.2, 0) is 9.59 Å². The third-order valence-electron chi connectivity index (χ3n) is 3.84. The van der Waals surface area contributed by atoms with Gasteiger partial charge in [-0.3, -0.25) is 14.6 Å². The number of carbonyl (C=O) groups excluding carboxylic acids is 2. The van der Waals surface area contributed by atoms with Crippen LogP contribution in [0.5, 0.6) is 0 Å². The van der Waals surface area contributed by atoms with Crippen molar-refractivity contribution in [3.8, 4) is 0 Å². The van der Waals surface area contributed by atoms with E-state index in [9.17, 15) is 19.8 Å². The van der Waals surface area contributed by atoms with E-state index >= 15 is 0 Å². The maximum Gasteiger partial charge on any atom is 0.269 e. The Kier molecular flexibility index (Phi) is 30.3. The van der Waals surface area contributed by atoms with Crippen LogP contribution < -0.4 is 33.2 Å². The molecule has 0 aromatic rings. The zero-order chi connectivity index (χ0) is 21.2. The molecular formula is C17H40Cl3N7O4. The Bertz CT molecular complexity index is 473. The molecule has 0 aromatic carbocycles. The lowest BCUT2D eigenvalue weighted by molar-refractivity contribution is -0.137. The van der Waals surface area contributed by atoms with Gasteiger partial charge in [-0.25, -0.2) is 0 Å². The average Bonchev–Trinajstić information content (AvgIpc) is 2.62. The van der Waals surface area contributed by atoms with Crippen molar-refractivity contribution in [1.82, 2.24) is 16.0 Å². The summed E-state index contributed by atoms with van der Waals surface area (Å²) in [7, 11) is 0. The lowest BCUT2D eigenvalue weighted by Gasteiger charge is -2.15. The SMILES string of the molecule is Cl.Cl.Cl.NCCCNCCCCNC(=O)C(O)NC(=O)CC(O)CCCCN=C(N)N. The van der Waals surface area contributed by atoms with E-state index in [1.807, 2.05) is 0 Å². The summed E-state index contributed by atoms with van der Waals surface area (Å²) in [6.07, 6.45) is 1.60. The first-order valence-electron chi connectivity index (χ1n) is 9.76. The van der Waals surface area contributed by atoms with Gasteiger partial charge in [0.05, 0.1) is 12.5 Å². The van der Waals surface area contributed by atoms with Gasteiger partial charge in [0.25, 0.3) is 5.91 Å². The third kappa shape index (κ3) is 25.1. The molecule has 0 heterocycles. The van der Waals surface area contributed by atoms with E-state index in [-0.39, 0.29) is 49.6 Å². The van der Waals surface area contributed by atoms with Crippen molar-refractivity contribution in [3.05, 3.63) is 0 Å². The van der Waals surface area contributed by atoms with Crippen LogP contribution in [0.1, 0.15) is 44.9 Å². The number of nitrogens with two attached hydrogens (primary N) is 3. The van der Waals surface area contributed by atoms with E-state index in [0.29, 0.717) is 38.9 Å². The number of guanidine groups is 1. The Labute approximate surface area is 203 Å². The Balaban J connectivity index is -0.00000121. The van der Waals surface area contributed by atoms with E-state index in [0.717, 1.165) is 32.4 Å². The van der Waals surface area contributed by atoms with Crippen molar-refractivity contribution in [2.75, 3.05) is 32.7 Å². The predicted octanol–water partition coefficient (Wildman–Crippen LogP) is -1.28. The smallest absolute Gasteiger partial charge is 0.269 e. The maximum atomic E-state index is 11.8. The summed E-state index contributed by atoms with van der Waals surface area (Å²) in [6, 6.07) is 0. The first-order valence-corrected chi connectivity index (χ1v) is 9.76. The highest BCUT2D eigenvalue weighted by atomic mass is 35.5. The summed E-state index contributed by atoms with van der Waals surface area (Å²) in [6.45, 7) is 3.23. The van der Waals surface area contributed by atoms with Gasteiger partial charge in [-0.1, -0.05) is 0 Å². The second kappa shape index (κ2) is 25.2. The number of aliphatic hydroxyl groups excluding tert-OH is 2. The first kappa shape index (κ1) is 37.2. The van der Waals surface area contributed by atoms with Crippen molar-refractivity contribution in [2.45, 2.75) is 57.3 Å². The van der Waals surface area contributed by atoms with Gasteiger partial charge in [0.2, 0.25) is 12.1 Å². The van der Waals surface area contributed by atoms with Gasteiger partial charge in [0, 0.05) is 13.1 Å². The average molecular weight is 513 g/mol. The second-order valence-electron chi connectivity index (χ2n) is 6.52. The molecule has 0 rings (SSSR count). The van der Waals surface area contributed by atoms with Crippen LogP contribution in [0.4, 0.5) is 0 Å². The molecule has 188 valence electrons. The fourth-order valence-electron chi connectivity index (χ4n) is 2.33. The molecule has 0 radical (unpaired) electrons. The van der Waals surface area contributed by atoms with Crippen LogP contribution >= 0.6 is 37.2 Å². The number of unbranched alkanes of at least 4 members (excludes halogenated alkanes) is 2. The molecule has 2 atom stereocenters. The number of aliphatic imine (C=N–C) groups is 1. The van der Waals surface area contributed by atoms with Crippen LogP contribution in [-0.4, -0.2) is 73.0 Å². The number of carbonyl (C=O) groups is 2. The summed E-state index contributed by atoms with van der Waals surface area (Å²) in [5.74, 6) is -1.24. The molecule has 0 aliphatic carbocycles. The van der Waals surface area contributed by atoms with Gasteiger partial charge in [0.1, 0.15) is 0 Å². The van der Waals surface area contributed by atoms with Gasteiger partial charge in [-0.15, -0.1) is 37.2 Å². The molecule has 0 aliphatic rings. The lowest BCUT2D eigenvalue weighted by Crippen LogP contribution is -2.47. The topological polar surface area (TPSA) is 201 Å². The molecule has 31 heavy (non-hydrogen) atoms. The summed E-state index contributed by atoms with van der Waals surface area (Å²) in [5.41, 5.74) is 15.8. The van der Waals surface area contributed by atoms with E-state index in [2.05, 4.69) is 20.9 Å². The molecule has 0 fully saturated rings. The number of aliphatic hydroxyl groups is 2. The van der Waals surface area contributed by atoms with Crippen molar-refractivity contribution in [3.63, 3.8) is 0 Å². The van der Waals surface area contributed by atoms with Gasteiger partial charge in [0.15, 0.2) is 5.96 Å². The molecular weight excluding hydrogens is 473 g/mol. The second-order valence-corrected chi connectivity index (χ2v) is 6.52. The van der Waals surface area contributed by atoms with Crippen LogP contribution in [0.3, 0.4) is 0 Å². The summed E-state index contributed by atoms with van der Waals surface area (Å²) in [5, 5.41) is 27.5. The number of nitrogens with zero attached hydrogens (tertiary/aromatic N) is 1. The molecule has 0 spiro atoms. The van der Waals surface area contributed by atoms with E-state index in [4.69, 9.17) is 17.2 Å². The molecule has 11 nitrogen and oxygen atoms in total. The van der Waals surface area contributed by atoms with E-state index in [1.54, 1.807) is 0 Å². The van der Waals surface area contributed by atoms with Crippen molar-refractivity contribution >= 4 is 55.0 Å².